The van der Waals surface area contributed by atoms with Crippen molar-refractivity contribution in [2.75, 3.05) is 11.9 Å². The number of urea groups is 1. The van der Waals surface area contributed by atoms with Gasteiger partial charge in [0.15, 0.2) is 0 Å². The Kier molecular flexibility index (Phi) is 4.90. The Morgan fingerprint density at radius 2 is 2.08 bits per heavy atom. The van der Waals surface area contributed by atoms with E-state index < -0.39 is 0 Å². The summed E-state index contributed by atoms with van der Waals surface area (Å²) in [7, 11) is 0. The highest BCUT2D eigenvalue weighted by Gasteiger charge is 2.09. The summed E-state index contributed by atoms with van der Waals surface area (Å²) >= 11 is 0. The molecule has 0 saturated carbocycles. The molecule has 0 fully saturated rings. The van der Waals surface area contributed by atoms with E-state index in [2.05, 4.69) is 20.7 Å². The number of anilines is 1. The zero-order valence-corrected chi connectivity index (χ0v) is 13.5. The lowest BCUT2D eigenvalue weighted by Crippen LogP contribution is -2.30. The van der Waals surface area contributed by atoms with Crippen molar-refractivity contribution in [3.8, 4) is 5.69 Å². The third-order valence-electron chi connectivity index (χ3n) is 3.65. The number of amides is 2. The van der Waals surface area contributed by atoms with Crippen molar-refractivity contribution in [3.63, 3.8) is 0 Å². The van der Waals surface area contributed by atoms with Crippen LogP contribution in [0.25, 0.3) is 5.69 Å². The van der Waals surface area contributed by atoms with Crippen LogP contribution in [0.2, 0.25) is 0 Å². The summed E-state index contributed by atoms with van der Waals surface area (Å²) in [5.41, 5.74) is 2.56. The van der Waals surface area contributed by atoms with Gasteiger partial charge in [0, 0.05) is 37.4 Å². The molecule has 7 nitrogen and oxygen atoms in total. The van der Waals surface area contributed by atoms with E-state index in [1.54, 1.807) is 23.4 Å². The molecule has 24 heavy (non-hydrogen) atoms. The van der Waals surface area contributed by atoms with E-state index in [9.17, 15) is 4.79 Å². The largest absolute Gasteiger partial charge is 0.338 e. The highest BCUT2D eigenvalue weighted by Crippen LogP contribution is 2.20. The quantitative estimate of drug-likeness (QED) is 0.684. The van der Waals surface area contributed by atoms with Crippen molar-refractivity contribution in [2.45, 2.75) is 19.9 Å². The summed E-state index contributed by atoms with van der Waals surface area (Å²) < 4.78 is 3.78. The van der Waals surface area contributed by atoms with Crippen molar-refractivity contribution >= 4 is 11.7 Å². The molecule has 0 aliphatic rings. The fraction of sp³-hybridized carbons (Fsp3) is 0.235. The third-order valence-corrected chi connectivity index (χ3v) is 3.65. The molecular weight excluding hydrogens is 304 g/mol. The molecule has 2 aromatic heterocycles. The van der Waals surface area contributed by atoms with E-state index in [1.165, 1.54) is 0 Å². The number of imidazole rings is 1. The Morgan fingerprint density at radius 3 is 2.83 bits per heavy atom. The van der Waals surface area contributed by atoms with Gasteiger partial charge in [-0.2, -0.15) is 5.10 Å². The zero-order valence-electron chi connectivity index (χ0n) is 13.5. The fourth-order valence-corrected chi connectivity index (χ4v) is 2.43. The minimum atomic E-state index is -0.224. The van der Waals surface area contributed by atoms with Crippen molar-refractivity contribution in [2.24, 2.45) is 0 Å². The molecule has 0 bridgehead atoms. The Balaban J connectivity index is 1.56. The van der Waals surface area contributed by atoms with Crippen LogP contribution in [0, 0.1) is 6.92 Å². The first kappa shape index (κ1) is 15.8. The van der Waals surface area contributed by atoms with Gasteiger partial charge in [0.25, 0.3) is 0 Å². The molecule has 0 aliphatic heterocycles. The molecule has 3 rings (SSSR count). The number of aryl methyl sites for hydroxylation is 2. The van der Waals surface area contributed by atoms with E-state index >= 15 is 0 Å². The first-order chi connectivity index (χ1) is 11.7. The van der Waals surface area contributed by atoms with Crippen LogP contribution in [-0.4, -0.2) is 31.9 Å². The SMILES string of the molecule is Cc1ccnn1-c1ccccc1NC(=O)NCCCn1ccnc1. The number of aromatic nitrogens is 4. The number of benzene rings is 1. The molecule has 2 amide bonds. The lowest BCUT2D eigenvalue weighted by molar-refractivity contribution is 0.252. The van der Waals surface area contributed by atoms with Gasteiger partial charge >= 0.3 is 6.03 Å². The van der Waals surface area contributed by atoms with E-state index in [-0.39, 0.29) is 6.03 Å². The average Bonchev–Trinajstić information content (AvgIpc) is 3.24. The summed E-state index contributed by atoms with van der Waals surface area (Å²) in [5.74, 6) is 0. The molecule has 124 valence electrons. The second-order valence-electron chi connectivity index (χ2n) is 5.44. The van der Waals surface area contributed by atoms with Gasteiger partial charge in [-0.05, 0) is 31.5 Å². The van der Waals surface area contributed by atoms with Crippen molar-refractivity contribution in [1.82, 2.24) is 24.6 Å². The maximum Gasteiger partial charge on any atom is 0.319 e. The average molecular weight is 324 g/mol. The molecule has 0 atom stereocenters. The van der Waals surface area contributed by atoms with Crippen molar-refractivity contribution in [1.29, 1.82) is 0 Å². The van der Waals surface area contributed by atoms with Crippen LogP contribution >= 0.6 is 0 Å². The number of hydrogen-bond acceptors (Lipinski definition) is 3. The van der Waals surface area contributed by atoms with Crippen LogP contribution in [0.3, 0.4) is 0 Å². The van der Waals surface area contributed by atoms with Gasteiger partial charge in [-0.1, -0.05) is 12.1 Å². The van der Waals surface area contributed by atoms with Crippen LogP contribution in [0.4, 0.5) is 10.5 Å². The van der Waals surface area contributed by atoms with E-state index in [1.807, 2.05) is 48.0 Å². The van der Waals surface area contributed by atoms with Crippen LogP contribution in [0.5, 0.6) is 0 Å². The maximum atomic E-state index is 12.1. The molecule has 0 spiro atoms. The van der Waals surface area contributed by atoms with Gasteiger partial charge in [0.1, 0.15) is 0 Å². The number of carbonyl (C=O) groups is 1. The zero-order chi connectivity index (χ0) is 16.8. The smallest absolute Gasteiger partial charge is 0.319 e. The van der Waals surface area contributed by atoms with Gasteiger partial charge in [-0.25, -0.2) is 14.5 Å². The first-order valence-electron chi connectivity index (χ1n) is 7.84. The monoisotopic (exact) mass is 324 g/mol. The molecule has 0 saturated heterocycles. The summed E-state index contributed by atoms with van der Waals surface area (Å²) in [6.45, 7) is 3.39. The van der Waals surface area contributed by atoms with Gasteiger partial charge < -0.3 is 15.2 Å². The molecule has 3 aromatic rings. The van der Waals surface area contributed by atoms with Gasteiger partial charge in [-0.3, -0.25) is 0 Å². The number of rotatable bonds is 6. The standard InChI is InChI=1S/C17H20N6O/c1-14-7-9-20-23(14)16-6-3-2-5-15(16)21-17(24)19-8-4-11-22-12-10-18-13-22/h2-3,5-7,9-10,12-13H,4,8,11H2,1H3,(H2,19,21,24). The van der Waals surface area contributed by atoms with Crippen LogP contribution in [0.15, 0.2) is 55.2 Å². The lowest BCUT2D eigenvalue weighted by Gasteiger charge is -2.13. The van der Waals surface area contributed by atoms with E-state index in [4.69, 9.17) is 0 Å². The summed E-state index contributed by atoms with van der Waals surface area (Å²) in [6.07, 6.45) is 7.99. The number of nitrogens with zero attached hydrogens (tertiary/aromatic N) is 4. The summed E-state index contributed by atoms with van der Waals surface area (Å²) in [4.78, 5) is 16.1. The molecule has 7 heteroatoms. The molecule has 2 heterocycles. The highest BCUT2D eigenvalue weighted by atomic mass is 16.2. The number of carbonyl (C=O) groups excluding carboxylic acids is 1. The van der Waals surface area contributed by atoms with Gasteiger partial charge in [0.05, 0.1) is 17.7 Å². The summed E-state index contributed by atoms with van der Waals surface area (Å²) in [5, 5.41) is 10.1. The maximum absolute atomic E-state index is 12.1. The number of para-hydroxylation sites is 2. The van der Waals surface area contributed by atoms with E-state index in [0.29, 0.717) is 6.54 Å². The van der Waals surface area contributed by atoms with Crippen LogP contribution in [0.1, 0.15) is 12.1 Å². The molecule has 2 N–H and O–H groups in total. The molecule has 0 unspecified atom stereocenters. The Hall–Kier alpha value is -3.09. The van der Waals surface area contributed by atoms with Gasteiger partial charge in [-0.15, -0.1) is 0 Å². The fourth-order valence-electron chi connectivity index (χ4n) is 2.43. The predicted molar refractivity (Wildman–Crippen MR) is 92.2 cm³/mol. The Morgan fingerprint density at radius 1 is 1.21 bits per heavy atom. The van der Waals surface area contributed by atoms with Crippen LogP contribution < -0.4 is 10.6 Å². The van der Waals surface area contributed by atoms with Crippen LogP contribution in [-0.2, 0) is 6.54 Å². The Labute approximate surface area is 140 Å². The molecular formula is C17H20N6O. The Bertz CT molecular complexity index is 793. The van der Waals surface area contributed by atoms with Gasteiger partial charge in [0.2, 0.25) is 0 Å². The summed E-state index contributed by atoms with van der Waals surface area (Å²) in [6, 6.07) is 9.29. The predicted octanol–water partition coefficient (Wildman–Crippen LogP) is 2.59. The van der Waals surface area contributed by atoms with Crippen molar-refractivity contribution < 1.29 is 4.79 Å². The molecule has 0 radical (unpaired) electrons. The normalized spacial score (nSPS) is 10.5. The van der Waals surface area contributed by atoms with E-state index in [0.717, 1.165) is 30.0 Å². The second-order valence-corrected chi connectivity index (χ2v) is 5.44. The van der Waals surface area contributed by atoms with Crippen molar-refractivity contribution in [3.05, 3.63) is 60.9 Å². The first-order valence-corrected chi connectivity index (χ1v) is 7.84. The second kappa shape index (κ2) is 7.45. The number of nitrogens with one attached hydrogen (secondary N) is 2. The topological polar surface area (TPSA) is 76.8 Å². The molecule has 1 aromatic carbocycles. The molecule has 0 aliphatic carbocycles. The number of hydrogen-bond donors (Lipinski definition) is 2. The minimum absolute atomic E-state index is 0.224. The highest BCUT2D eigenvalue weighted by molar-refractivity contribution is 5.91. The lowest BCUT2D eigenvalue weighted by atomic mass is 10.2. The minimum Gasteiger partial charge on any atom is -0.338 e. The third kappa shape index (κ3) is 3.81.